The first-order chi connectivity index (χ1) is 14.2. The minimum Gasteiger partial charge on any atom is -0.347 e. The lowest BCUT2D eigenvalue weighted by molar-refractivity contribution is -0.124. The molecule has 0 aromatic heterocycles. The molecule has 2 N–H and O–H groups in total. The number of carbonyl (C=O) groups excluding carboxylic acids is 2. The van der Waals surface area contributed by atoms with Crippen LogP contribution in [0.1, 0.15) is 29.0 Å². The van der Waals surface area contributed by atoms with Gasteiger partial charge in [-0.15, -0.1) is 0 Å². The lowest BCUT2D eigenvalue weighted by atomic mass is 9.88. The third-order valence-corrected chi connectivity index (χ3v) is 4.51. The Balaban J connectivity index is 1.60. The van der Waals surface area contributed by atoms with Gasteiger partial charge in [0.15, 0.2) is 0 Å². The maximum absolute atomic E-state index is 12.5. The zero-order chi connectivity index (χ0) is 20.5. The molecule has 2 amide bonds. The third kappa shape index (κ3) is 5.78. The van der Waals surface area contributed by atoms with Crippen molar-refractivity contribution in [3.05, 3.63) is 102 Å². The summed E-state index contributed by atoms with van der Waals surface area (Å²) in [5.41, 5.74) is 3.08. The van der Waals surface area contributed by atoms with Crippen LogP contribution in [0.15, 0.2) is 84.9 Å². The number of carbonyl (C=O) groups is 2. The average molecular weight is 383 g/mol. The maximum Gasteiger partial charge on any atom is 0.243 e. The smallest absolute Gasteiger partial charge is 0.243 e. The summed E-state index contributed by atoms with van der Waals surface area (Å²) in [7, 11) is 0. The maximum atomic E-state index is 12.5. The quantitative estimate of drug-likeness (QED) is 0.650. The largest absolute Gasteiger partial charge is 0.347 e. The fraction of sp³-hybridized carbons (Fsp3) is 0.125. The van der Waals surface area contributed by atoms with Gasteiger partial charge >= 0.3 is 0 Å². The Morgan fingerprint density at radius 3 is 2.03 bits per heavy atom. The van der Waals surface area contributed by atoms with Gasteiger partial charge in [-0.3, -0.25) is 9.59 Å². The Morgan fingerprint density at radius 1 is 0.828 bits per heavy atom. The first-order valence-electron chi connectivity index (χ1n) is 9.32. The second-order valence-electron chi connectivity index (χ2n) is 6.60. The van der Waals surface area contributed by atoms with Gasteiger partial charge < -0.3 is 10.6 Å². The molecule has 0 unspecified atom stereocenters. The molecule has 0 aliphatic rings. The number of hydrogen-bond acceptors (Lipinski definition) is 3. The Kier molecular flexibility index (Phi) is 6.75. The molecule has 5 nitrogen and oxygen atoms in total. The van der Waals surface area contributed by atoms with E-state index in [2.05, 4.69) is 10.6 Å². The van der Waals surface area contributed by atoms with Crippen molar-refractivity contribution in [2.24, 2.45) is 0 Å². The number of anilines is 1. The molecule has 3 aromatic carbocycles. The Morgan fingerprint density at radius 2 is 1.45 bits per heavy atom. The van der Waals surface area contributed by atoms with Crippen molar-refractivity contribution in [1.29, 1.82) is 5.26 Å². The standard InChI is InChI=1S/C24H21N3O2/c25-16-18-8-7-13-21(14-18)27-24(29)17-26-23(28)15-22(19-9-3-1-4-10-19)20-11-5-2-6-12-20/h1-14,22H,15,17H2,(H,26,28)(H,27,29). The lowest BCUT2D eigenvalue weighted by Gasteiger charge is -2.18. The molecule has 0 heterocycles. The molecule has 0 fully saturated rings. The molecule has 0 atom stereocenters. The SMILES string of the molecule is N#Cc1cccc(NC(=O)CNC(=O)CC(c2ccccc2)c2ccccc2)c1. The highest BCUT2D eigenvalue weighted by Gasteiger charge is 2.18. The fourth-order valence-corrected chi connectivity index (χ4v) is 3.11. The highest BCUT2D eigenvalue weighted by atomic mass is 16.2. The van der Waals surface area contributed by atoms with Crippen molar-refractivity contribution in [2.45, 2.75) is 12.3 Å². The second kappa shape index (κ2) is 9.86. The number of benzene rings is 3. The van der Waals surface area contributed by atoms with E-state index in [4.69, 9.17) is 5.26 Å². The van der Waals surface area contributed by atoms with Crippen LogP contribution < -0.4 is 10.6 Å². The average Bonchev–Trinajstić information content (AvgIpc) is 2.77. The summed E-state index contributed by atoms with van der Waals surface area (Å²) in [6.07, 6.45) is 0.241. The van der Waals surface area contributed by atoms with Crippen molar-refractivity contribution < 1.29 is 9.59 Å². The number of amides is 2. The van der Waals surface area contributed by atoms with E-state index in [-0.39, 0.29) is 30.7 Å². The van der Waals surface area contributed by atoms with Crippen LogP contribution in [-0.2, 0) is 9.59 Å². The molecule has 29 heavy (non-hydrogen) atoms. The van der Waals surface area contributed by atoms with Crippen molar-refractivity contribution in [3.8, 4) is 6.07 Å². The van der Waals surface area contributed by atoms with E-state index in [1.54, 1.807) is 24.3 Å². The molecule has 0 spiro atoms. The van der Waals surface area contributed by atoms with Gasteiger partial charge in [0.2, 0.25) is 11.8 Å². The molecule has 5 heteroatoms. The molecule has 0 aliphatic heterocycles. The molecule has 3 aromatic rings. The number of hydrogen-bond donors (Lipinski definition) is 2. The molecular formula is C24H21N3O2. The van der Waals surface area contributed by atoms with Crippen molar-refractivity contribution >= 4 is 17.5 Å². The van der Waals surface area contributed by atoms with Crippen LogP contribution in [0.3, 0.4) is 0 Å². The van der Waals surface area contributed by atoms with Crippen molar-refractivity contribution in [3.63, 3.8) is 0 Å². The normalized spacial score (nSPS) is 10.2. The first kappa shape index (κ1) is 19.8. The summed E-state index contributed by atoms with van der Waals surface area (Å²) in [5, 5.41) is 14.3. The van der Waals surface area contributed by atoms with Gasteiger partial charge in [-0.25, -0.2) is 0 Å². The molecule has 0 saturated carbocycles. The summed E-state index contributed by atoms with van der Waals surface area (Å²) in [5.74, 6) is -0.638. The predicted octanol–water partition coefficient (Wildman–Crippen LogP) is 3.84. The zero-order valence-electron chi connectivity index (χ0n) is 15.8. The van der Waals surface area contributed by atoms with Gasteiger partial charge in [-0.2, -0.15) is 5.26 Å². The second-order valence-corrected chi connectivity index (χ2v) is 6.60. The van der Waals surface area contributed by atoms with Crippen molar-refractivity contribution in [1.82, 2.24) is 5.32 Å². The fourth-order valence-electron chi connectivity index (χ4n) is 3.11. The lowest BCUT2D eigenvalue weighted by Crippen LogP contribution is -2.33. The van der Waals surface area contributed by atoms with Gasteiger partial charge in [0.05, 0.1) is 18.2 Å². The molecule has 0 bridgehead atoms. The summed E-state index contributed by atoms with van der Waals surface area (Å²) in [4.78, 5) is 24.7. The van der Waals surface area contributed by atoms with Gasteiger partial charge in [0.25, 0.3) is 0 Å². The summed E-state index contributed by atoms with van der Waals surface area (Å²) >= 11 is 0. The van der Waals surface area contributed by atoms with Crippen molar-refractivity contribution in [2.75, 3.05) is 11.9 Å². The number of nitrogens with zero attached hydrogens (tertiary/aromatic N) is 1. The van der Waals surface area contributed by atoms with Gasteiger partial charge in [-0.05, 0) is 29.3 Å². The van der Waals surface area contributed by atoms with Gasteiger partial charge in [0.1, 0.15) is 0 Å². The van der Waals surface area contributed by atoms with Gasteiger partial charge in [0, 0.05) is 18.0 Å². The minimum absolute atomic E-state index is 0.0900. The summed E-state index contributed by atoms with van der Waals surface area (Å²) in [6.45, 7) is -0.133. The molecular weight excluding hydrogens is 362 g/mol. The third-order valence-electron chi connectivity index (χ3n) is 4.51. The minimum atomic E-state index is -0.343. The highest BCUT2D eigenvalue weighted by molar-refractivity contribution is 5.94. The molecule has 3 rings (SSSR count). The van der Waals surface area contributed by atoms with E-state index in [9.17, 15) is 9.59 Å². The number of nitriles is 1. The van der Waals surface area contributed by atoms with E-state index in [0.717, 1.165) is 11.1 Å². The van der Waals surface area contributed by atoms with E-state index in [0.29, 0.717) is 11.3 Å². The summed E-state index contributed by atoms with van der Waals surface area (Å²) in [6, 6.07) is 28.3. The summed E-state index contributed by atoms with van der Waals surface area (Å²) < 4.78 is 0. The molecule has 0 radical (unpaired) electrons. The zero-order valence-corrected chi connectivity index (χ0v) is 15.8. The van der Waals surface area contributed by atoms with Crippen LogP contribution >= 0.6 is 0 Å². The predicted molar refractivity (Wildman–Crippen MR) is 112 cm³/mol. The number of rotatable bonds is 7. The van der Waals surface area contributed by atoms with Crippen LogP contribution in [0, 0.1) is 11.3 Å². The Hall–Kier alpha value is -3.91. The topological polar surface area (TPSA) is 82.0 Å². The van der Waals surface area contributed by atoms with Crippen LogP contribution in [0.4, 0.5) is 5.69 Å². The monoisotopic (exact) mass is 383 g/mol. The van der Waals surface area contributed by atoms with Crippen LogP contribution in [0.5, 0.6) is 0 Å². The van der Waals surface area contributed by atoms with E-state index in [1.807, 2.05) is 66.7 Å². The Bertz CT molecular complexity index is 972. The molecule has 144 valence electrons. The van der Waals surface area contributed by atoms with E-state index < -0.39 is 0 Å². The van der Waals surface area contributed by atoms with E-state index in [1.165, 1.54) is 0 Å². The Labute approximate surface area is 170 Å². The highest BCUT2D eigenvalue weighted by Crippen LogP contribution is 2.27. The molecule has 0 saturated heterocycles. The van der Waals surface area contributed by atoms with Crippen LogP contribution in [0.2, 0.25) is 0 Å². The van der Waals surface area contributed by atoms with Gasteiger partial charge in [-0.1, -0.05) is 66.7 Å². The van der Waals surface area contributed by atoms with Crippen LogP contribution in [-0.4, -0.2) is 18.4 Å². The number of nitrogens with one attached hydrogen (secondary N) is 2. The van der Waals surface area contributed by atoms with E-state index >= 15 is 0 Å². The van der Waals surface area contributed by atoms with Crippen LogP contribution in [0.25, 0.3) is 0 Å². The molecule has 0 aliphatic carbocycles. The first-order valence-corrected chi connectivity index (χ1v) is 9.32.